The van der Waals surface area contributed by atoms with E-state index >= 15 is 0 Å². The lowest BCUT2D eigenvalue weighted by molar-refractivity contribution is 0.0690. The molecule has 1 aromatic rings. The van der Waals surface area contributed by atoms with Crippen LogP contribution in [0.4, 0.5) is 0 Å². The topological polar surface area (TPSA) is 9.23 Å². The zero-order valence-electron chi connectivity index (χ0n) is 19.4. The molecule has 0 saturated heterocycles. The van der Waals surface area contributed by atoms with Crippen LogP contribution >= 0.6 is 0 Å². The van der Waals surface area contributed by atoms with Crippen LogP contribution in [-0.4, -0.2) is 6.61 Å². The van der Waals surface area contributed by atoms with Crippen LogP contribution in [0.5, 0.6) is 5.75 Å². The summed E-state index contributed by atoms with van der Waals surface area (Å²) < 4.78 is 5.75. The zero-order valence-corrected chi connectivity index (χ0v) is 19.4. The lowest BCUT2D eigenvalue weighted by Gasteiger charge is -2.45. The highest BCUT2D eigenvalue weighted by Gasteiger charge is 2.38. The van der Waals surface area contributed by atoms with Gasteiger partial charge in [-0.2, -0.15) is 0 Å². The summed E-state index contributed by atoms with van der Waals surface area (Å²) in [5.74, 6) is 6.08. The predicted molar refractivity (Wildman–Crippen MR) is 128 cm³/mol. The molecule has 3 aliphatic rings. The number of hydrogen-bond donors (Lipinski definition) is 0. The Balaban J connectivity index is 1.26. The van der Waals surface area contributed by atoms with Crippen molar-refractivity contribution in [3.8, 4) is 5.75 Å². The quantitative estimate of drug-likeness (QED) is 0.296. The van der Waals surface area contributed by atoms with Crippen LogP contribution in [0.3, 0.4) is 0 Å². The minimum Gasteiger partial charge on any atom is -0.490 e. The first-order valence-corrected chi connectivity index (χ1v) is 13.1. The molecule has 0 spiro atoms. The first-order valence-electron chi connectivity index (χ1n) is 13.1. The fourth-order valence-electron chi connectivity index (χ4n) is 6.98. The summed E-state index contributed by atoms with van der Waals surface area (Å²) in [6, 6.07) is 6.80. The van der Waals surface area contributed by atoms with Gasteiger partial charge in [-0.25, -0.2) is 0 Å². The Morgan fingerprint density at radius 1 is 0.900 bits per heavy atom. The van der Waals surface area contributed by atoms with Gasteiger partial charge in [-0.15, -0.1) is 0 Å². The molecule has 5 unspecified atom stereocenters. The summed E-state index contributed by atoms with van der Waals surface area (Å²) in [5, 5.41) is 0. The standard InChI is InChI=1S/C29H44O/c1-3-5-6-7-8-22-9-10-24-19-25(12-11-23(24)18-22)26-13-14-28-21-29(30-17-4-2)16-15-27(28)20-26/h4,15-16,21-26H,2-3,5-14,17-20H2,1H3. The summed E-state index contributed by atoms with van der Waals surface area (Å²) in [6.07, 6.45) is 22.2. The van der Waals surface area contributed by atoms with E-state index < -0.39 is 0 Å². The van der Waals surface area contributed by atoms with E-state index in [0.29, 0.717) is 6.61 Å². The van der Waals surface area contributed by atoms with Gasteiger partial charge in [-0.3, -0.25) is 0 Å². The van der Waals surface area contributed by atoms with E-state index in [1.807, 2.05) is 6.08 Å². The van der Waals surface area contributed by atoms with Crippen molar-refractivity contribution in [2.24, 2.45) is 29.6 Å². The number of rotatable bonds is 9. The van der Waals surface area contributed by atoms with Crippen LogP contribution in [0.2, 0.25) is 0 Å². The maximum absolute atomic E-state index is 5.75. The Morgan fingerprint density at radius 3 is 2.53 bits per heavy atom. The van der Waals surface area contributed by atoms with E-state index in [1.165, 1.54) is 89.0 Å². The maximum Gasteiger partial charge on any atom is 0.120 e. The number of fused-ring (bicyclic) bond motifs is 2. The second-order valence-corrected chi connectivity index (χ2v) is 10.7. The molecular formula is C29H44O. The molecule has 0 bridgehead atoms. The van der Waals surface area contributed by atoms with Gasteiger partial charge in [-0.1, -0.05) is 64.2 Å². The fraction of sp³-hybridized carbons (Fsp3) is 0.724. The van der Waals surface area contributed by atoms with Crippen molar-refractivity contribution in [3.05, 3.63) is 42.0 Å². The second-order valence-electron chi connectivity index (χ2n) is 10.7. The van der Waals surface area contributed by atoms with Gasteiger partial charge in [0.15, 0.2) is 0 Å². The van der Waals surface area contributed by atoms with E-state index in [-0.39, 0.29) is 0 Å². The molecule has 30 heavy (non-hydrogen) atoms. The largest absolute Gasteiger partial charge is 0.490 e. The number of aryl methyl sites for hydroxylation is 1. The molecule has 0 aliphatic heterocycles. The van der Waals surface area contributed by atoms with E-state index in [4.69, 9.17) is 4.74 Å². The maximum atomic E-state index is 5.75. The number of unbranched alkanes of at least 4 members (excludes halogenated alkanes) is 3. The van der Waals surface area contributed by atoms with Crippen molar-refractivity contribution < 1.29 is 4.74 Å². The van der Waals surface area contributed by atoms with E-state index in [9.17, 15) is 0 Å². The minimum atomic E-state index is 0.603. The molecule has 0 N–H and O–H groups in total. The molecule has 3 aliphatic carbocycles. The molecule has 0 amide bonds. The normalized spacial score (nSPS) is 30.9. The predicted octanol–water partition coefficient (Wildman–Crippen LogP) is 8.16. The summed E-state index contributed by atoms with van der Waals surface area (Å²) in [5.41, 5.74) is 3.13. The van der Waals surface area contributed by atoms with Crippen molar-refractivity contribution in [2.45, 2.75) is 96.8 Å². The molecule has 2 saturated carbocycles. The van der Waals surface area contributed by atoms with Gasteiger partial charge in [0.1, 0.15) is 12.4 Å². The molecule has 1 nitrogen and oxygen atoms in total. The van der Waals surface area contributed by atoms with Crippen molar-refractivity contribution in [3.63, 3.8) is 0 Å². The lowest BCUT2D eigenvalue weighted by atomic mass is 9.61. The van der Waals surface area contributed by atoms with Crippen LogP contribution in [0, 0.1) is 29.6 Å². The molecule has 0 heterocycles. The van der Waals surface area contributed by atoms with Crippen LogP contribution < -0.4 is 4.74 Å². The van der Waals surface area contributed by atoms with Gasteiger partial charge in [0.25, 0.3) is 0 Å². The first-order chi connectivity index (χ1) is 14.8. The van der Waals surface area contributed by atoms with E-state index in [1.54, 1.807) is 12.0 Å². The van der Waals surface area contributed by atoms with Crippen molar-refractivity contribution >= 4 is 0 Å². The summed E-state index contributed by atoms with van der Waals surface area (Å²) in [7, 11) is 0. The Morgan fingerprint density at radius 2 is 1.70 bits per heavy atom. The smallest absolute Gasteiger partial charge is 0.120 e. The molecule has 5 atom stereocenters. The van der Waals surface area contributed by atoms with E-state index in [2.05, 4.69) is 31.7 Å². The third kappa shape index (κ3) is 5.51. The third-order valence-corrected chi connectivity index (χ3v) is 8.71. The Kier molecular flexibility index (Phi) is 7.96. The van der Waals surface area contributed by atoms with Crippen LogP contribution in [0.15, 0.2) is 30.9 Å². The highest BCUT2D eigenvalue weighted by atomic mass is 16.5. The Hall–Kier alpha value is -1.24. The van der Waals surface area contributed by atoms with E-state index in [0.717, 1.165) is 35.3 Å². The minimum absolute atomic E-state index is 0.603. The summed E-state index contributed by atoms with van der Waals surface area (Å²) in [4.78, 5) is 0. The lowest BCUT2D eigenvalue weighted by Crippen LogP contribution is -2.35. The first kappa shape index (κ1) is 22.0. The highest BCUT2D eigenvalue weighted by Crippen LogP contribution is 2.49. The van der Waals surface area contributed by atoms with Gasteiger partial charge in [0.2, 0.25) is 0 Å². The van der Waals surface area contributed by atoms with Crippen LogP contribution in [-0.2, 0) is 12.8 Å². The average molecular weight is 409 g/mol. The Bertz CT molecular complexity index is 677. The molecule has 4 rings (SSSR count). The SMILES string of the molecule is C=CCOc1ccc2c(c1)CCC(C1CCC3CC(CCCCCC)CCC3C1)C2. The molecule has 0 aromatic heterocycles. The van der Waals surface area contributed by atoms with Gasteiger partial charge in [0, 0.05) is 0 Å². The number of benzene rings is 1. The monoisotopic (exact) mass is 408 g/mol. The van der Waals surface area contributed by atoms with Crippen molar-refractivity contribution in [1.29, 1.82) is 0 Å². The zero-order chi connectivity index (χ0) is 20.8. The Labute approximate surface area is 185 Å². The molecule has 1 aromatic carbocycles. The van der Waals surface area contributed by atoms with Crippen LogP contribution in [0.1, 0.15) is 95.1 Å². The molecule has 2 fully saturated rings. The summed E-state index contributed by atoms with van der Waals surface area (Å²) in [6.45, 7) is 6.68. The van der Waals surface area contributed by atoms with Gasteiger partial charge in [-0.05, 0) is 104 Å². The molecular weight excluding hydrogens is 364 g/mol. The second kappa shape index (κ2) is 10.9. The fourth-order valence-corrected chi connectivity index (χ4v) is 6.98. The third-order valence-electron chi connectivity index (χ3n) is 8.71. The average Bonchev–Trinajstić information content (AvgIpc) is 2.79. The highest BCUT2D eigenvalue weighted by molar-refractivity contribution is 5.37. The van der Waals surface area contributed by atoms with Crippen LogP contribution in [0.25, 0.3) is 0 Å². The molecule has 0 radical (unpaired) electrons. The van der Waals surface area contributed by atoms with Gasteiger partial charge in [0.05, 0.1) is 0 Å². The van der Waals surface area contributed by atoms with Crippen molar-refractivity contribution in [2.75, 3.05) is 6.61 Å². The number of ether oxygens (including phenoxy) is 1. The van der Waals surface area contributed by atoms with Crippen molar-refractivity contribution in [1.82, 2.24) is 0 Å². The van der Waals surface area contributed by atoms with Gasteiger partial charge < -0.3 is 4.74 Å². The number of hydrogen-bond acceptors (Lipinski definition) is 1. The summed E-state index contributed by atoms with van der Waals surface area (Å²) >= 11 is 0. The molecule has 1 heteroatoms. The van der Waals surface area contributed by atoms with Gasteiger partial charge >= 0.3 is 0 Å². The molecule has 166 valence electrons.